The van der Waals surface area contributed by atoms with E-state index in [9.17, 15) is 5.41 Å². The molecule has 0 saturated heterocycles. The van der Waals surface area contributed by atoms with Crippen molar-refractivity contribution in [2.45, 2.75) is 53.4 Å². The van der Waals surface area contributed by atoms with Gasteiger partial charge in [-0.3, -0.25) is 5.41 Å². The Bertz CT molecular complexity index is 3400. The van der Waals surface area contributed by atoms with Gasteiger partial charge >= 0.3 is 0 Å². The summed E-state index contributed by atoms with van der Waals surface area (Å²) in [5.74, 6) is 1.99. The van der Waals surface area contributed by atoms with Gasteiger partial charge < -0.3 is 14.2 Å². The Balaban J connectivity index is 1.10. The van der Waals surface area contributed by atoms with Crippen molar-refractivity contribution in [3.63, 3.8) is 0 Å². The van der Waals surface area contributed by atoms with Crippen LogP contribution in [0.1, 0.15) is 70.1 Å². The summed E-state index contributed by atoms with van der Waals surface area (Å²) >= 11 is 4.59. The average molecular weight is 905 g/mol. The Morgan fingerprint density at radius 1 is 0.544 bits per heavy atom. The van der Waals surface area contributed by atoms with E-state index in [0.29, 0.717) is 35.8 Å². The number of thiol groups is 1. The van der Waals surface area contributed by atoms with E-state index in [1.54, 1.807) is 0 Å². The first-order valence-corrected chi connectivity index (χ1v) is 24.1. The fourth-order valence-electron chi connectivity index (χ4n) is 9.66. The first kappa shape index (κ1) is 44.4. The third kappa shape index (κ3) is 8.35. The Hall–Kier alpha value is -7.41. The summed E-state index contributed by atoms with van der Waals surface area (Å²) < 4.78 is 13.0. The van der Waals surface area contributed by atoms with Crippen molar-refractivity contribution < 1.29 is 4.74 Å². The molecule has 0 spiro atoms. The first-order chi connectivity index (χ1) is 33.1. The van der Waals surface area contributed by atoms with Crippen LogP contribution in [0.4, 0.5) is 11.4 Å². The van der Waals surface area contributed by atoms with Gasteiger partial charge in [-0.25, -0.2) is 4.40 Å². The highest BCUT2D eigenvalue weighted by molar-refractivity contribution is 7.79. The number of fused-ring (bicyclic) bond motifs is 4. The highest BCUT2D eigenvalue weighted by Gasteiger charge is 2.29. The summed E-state index contributed by atoms with van der Waals surface area (Å²) in [6.07, 6.45) is 4.16. The summed E-state index contributed by atoms with van der Waals surface area (Å²) in [6, 6.07) is 62.6. The normalized spacial score (nSPS) is 13.6. The maximum absolute atomic E-state index is 9.93. The number of benzene rings is 8. The number of hydrogen-bond acceptors (Lipinski definition) is 5. The standard InChI is InChI=1S/C62H56N4OS/c1-39(2)38-67-51-30-23-45(24-31-51)44-21-28-50(29-22-44)65(49-26-19-43(20-27-49)42-13-8-7-9-14-42)58-34-32-54(61(64-68)60(58)63)48-25-33-57-55(36-48)56-35-46-15-10-11-16-47(46)37-59(56)66(57)62-52(40(3)4)17-12-18-53(62)41(5)6/h7-37,39-41,63,68H,38H2,1-6H3. The monoisotopic (exact) mass is 904 g/mol. The Morgan fingerprint density at radius 2 is 1.07 bits per heavy atom. The summed E-state index contributed by atoms with van der Waals surface area (Å²) in [5.41, 5.74) is 15.9. The number of allylic oxidation sites excluding steroid dienone is 4. The molecule has 10 rings (SSSR count). The molecule has 0 bridgehead atoms. The van der Waals surface area contributed by atoms with Crippen molar-refractivity contribution in [3.8, 4) is 33.7 Å². The van der Waals surface area contributed by atoms with E-state index in [0.717, 1.165) is 61.4 Å². The van der Waals surface area contributed by atoms with E-state index in [2.05, 4.69) is 238 Å². The number of anilines is 2. The van der Waals surface area contributed by atoms with Gasteiger partial charge in [-0.05, 0) is 153 Å². The van der Waals surface area contributed by atoms with E-state index in [4.69, 9.17) is 4.74 Å². The van der Waals surface area contributed by atoms with Crippen LogP contribution in [0.5, 0.6) is 5.75 Å². The highest BCUT2D eigenvalue weighted by Crippen LogP contribution is 2.42. The van der Waals surface area contributed by atoms with Crippen molar-refractivity contribution in [3.05, 3.63) is 210 Å². The second kappa shape index (κ2) is 18.7. The van der Waals surface area contributed by atoms with Crippen LogP contribution in [0, 0.1) is 11.3 Å². The summed E-state index contributed by atoms with van der Waals surface area (Å²) in [5, 5.41) is 14.7. The lowest BCUT2D eigenvalue weighted by Crippen LogP contribution is -2.30. The third-order valence-electron chi connectivity index (χ3n) is 13.1. The molecule has 1 aliphatic carbocycles. The Kier molecular flexibility index (Phi) is 12.2. The van der Waals surface area contributed by atoms with E-state index >= 15 is 0 Å². The molecule has 68 heavy (non-hydrogen) atoms. The molecule has 0 fully saturated rings. The summed E-state index contributed by atoms with van der Waals surface area (Å²) in [4.78, 5) is 2.15. The molecule has 0 aliphatic heterocycles. The van der Waals surface area contributed by atoms with Crippen molar-refractivity contribution in [1.29, 1.82) is 5.41 Å². The third-order valence-corrected chi connectivity index (χ3v) is 13.3. The largest absolute Gasteiger partial charge is 0.493 e. The van der Waals surface area contributed by atoms with Gasteiger partial charge in [0.25, 0.3) is 0 Å². The first-order valence-electron chi connectivity index (χ1n) is 23.7. The predicted molar refractivity (Wildman–Crippen MR) is 293 cm³/mol. The zero-order valence-corrected chi connectivity index (χ0v) is 40.4. The van der Waals surface area contributed by atoms with E-state index < -0.39 is 0 Å². The number of nitrogens with one attached hydrogen (secondary N) is 1. The van der Waals surface area contributed by atoms with Crippen molar-refractivity contribution in [2.24, 2.45) is 10.3 Å². The lowest BCUT2D eigenvalue weighted by atomic mass is 9.90. The minimum atomic E-state index is 0.284. The molecule has 8 aromatic carbocycles. The number of aromatic nitrogens is 1. The molecule has 9 aromatic rings. The Morgan fingerprint density at radius 3 is 1.65 bits per heavy atom. The lowest BCUT2D eigenvalue weighted by Gasteiger charge is -2.31. The average Bonchev–Trinajstić information content (AvgIpc) is 3.67. The van der Waals surface area contributed by atoms with Crippen molar-refractivity contribution in [1.82, 2.24) is 4.57 Å². The number of rotatable bonds is 12. The van der Waals surface area contributed by atoms with Gasteiger partial charge in [0.05, 0.1) is 29.0 Å². The van der Waals surface area contributed by atoms with Gasteiger partial charge in [-0.15, -0.1) is 0 Å². The smallest absolute Gasteiger partial charge is 0.119 e. The molecule has 1 aliphatic rings. The molecule has 5 nitrogen and oxygen atoms in total. The topological polar surface area (TPSA) is 53.6 Å². The van der Waals surface area contributed by atoms with Crippen LogP contribution in [0.25, 0.3) is 66.1 Å². The maximum atomic E-state index is 9.93. The summed E-state index contributed by atoms with van der Waals surface area (Å²) in [7, 11) is 0. The highest BCUT2D eigenvalue weighted by atomic mass is 32.1. The van der Waals surface area contributed by atoms with Crippen LogP contribution in [0.15, 0.2) is 198 Å². The molecule has 1 N–H and O–H groups in total. The number of hydrogen-bond donors (Lipinski definition) is 2. The molecular weight excluding hydrogens is 849 g/mol. The predicted octanol–water partition coefficient (Wildman–Crippen LogP) is 17.0. The van der Waals surface area contributed by atoms with Gasteiger partial charge in [-0.2, -0.15) is 0 Å². The summed E-state index contributed by atoms with van der Waals surface area (Å²) in [6.45, 7) is 14.1. The van der Waals surface area contributed by atoms with Gasteiger partial charge in [-0.1, -0.05) is 157 Å². The molecule has 0 atom stereocenters. The van der Waals surface area contributed by atoms with Crippen LogP contribution in [-0.2, 0) is 0 Å². The van der Waals surface area contributed by atoms with E-state index in [1.807, 2.05) is 18.2 Å². The second-order valence-electron chi connectivity index (χ2n) is 18.9. The molecule has 0 saturated carbocycles. The van der Waals surface area contributed by atoms with E-state index in [-0.39, 0.29) is 5.71 Å². The van der Waals surface area contributed by atoms with Crippen LogP contribution >= 0.6 is 12.8 Å². The Labute approximate surface area is 405 Å². The quantitative estimate of drug-likeness (QED) is 0.0948. The zero-order chi connectivity index (χ0) is 47.1. The van der Waals surface area contributed by atoms with Gasteiger partial charge in [0.1, 0.15) is 17.2 Å². The lowest BCUT2D eigenvalue weighted by molar-refractivity contribution is 0.271. The van der Waals surface area contributed by atoms with Crippen LogP contribution in [0.3, 0.4) is 0 Å². The van der Waals surface area contributed by atoms with Gasteiger partial charge in [0, 0.05) is 27.7 Å². The molecule has 1 heterocycles. The van der Waals surface area contributed by atoms with E-state index in [1.165, 1.54) is 38.5 Å². The minimum absolute atomic E-state index is 0.284. The number of ether oxygens (including phenoxy) is 1. The molecular formula is C62H56N4OS. The fraction of sp³-hybridized carbons (Fsp3) is 0.161. The maximum Gasteiger partial charge on any atom is 0.119 e. The van der Waals surface area contributed by atoms with Gasteiger partial charge in [0.2, 0.25) is 0 Å². The molecule has 336 valence electrons. The van der Waals surface area contributed by atoms with Crippen LogP contribution in [-0.4, -0.2) is 22.6 Å². The molecule has 1 aromatic heterocycles. The van der Waals surface area contributed by atoms with Gasteiger partial charge in [0.15, 0.2) is 0 Å². The van der Waals surface area contributed by atoms with Crippen molar-refractivity contribution >= 4 is 73.8 Å². The SMILES string of the molecule is CC(C)COc1ccc(-c2ccc(N(C3=CC=C(c4ccc5c(c4)c4cc6ccccc6cc4n5-c4c(C(C)C)cccc4C(C)C)C(=NS)C3=N)c3ccc(-c4ccccc4)cc3)cc2)cc1. The second-order valence-corrected chi connectivity index (χ2v) is 19.1. The molecule has 0 amide bonds. The molecule has 0 radical (unpaired) electrons. The molecule has 0 unspecified atom stereocenters. The van der Waals surface area contributed by atoms with Crippen LogP contribution < -0.4 is 9.64 Å². The van der Waals surface area contributed by atoms with Crippen LogP contribution in [0.2, 0.25) is 0 Å². The minimum Gasteiger partial charge on any atom is -0.493 e. The molecule has 6 heteroatoms. The van der Waals surface area contributed by atoms with Crippen molar-refractivity contribution in [2.75, 3.05) is 11.5 Å². The zero-order valence-electron chi connectivity index (χ0n) is 39.5. The fourth-order valence-corrected chi connectivity index (χ4v) is 9.87. The number of para-hydroxylation sites is 1. The number of nitrogens with zero attached hydrogens (tertiary/aromatic N) is 3.